The van der Waals surface area contributed by atoms with Crippen molar-refractivity contribution in [3.8, 4) is 11.3 Å². The highest BCUT2D eigenvalue weighted by atomic mass is 32.2. The van der Waals surface area contributed by atoms with Crippen LogP contribution in [0.3, 0.4) is 0 Å². The van der Waals surface area contributed by atoms with Crippen LogP contribution < -0.4 is 5.32 Å². The molecule has 0 atom stereocenters. The Morgan fingerprint density at radius 1 is 1.09 bits per heavy atom. The number of thioether (sulfide) groups is 1. The van der Waals surface area contributed by atoms with Crippen molar-refractivity contribution in [2.24, 2.45) is 0 Å². The average molecular weight is 451 g/mol. The maximum absolute atomic E-state index is 13.4. The Hall–Kier alpha value is -3.46. The third-order valence-electron chi connectivity index (χ3n) is 4.84. The molecule has 0 aliphatic carbocycles. The molecule has 0 aliphatic heterocycles. The fraction of sp³-hybridized carbons (Fsp3) is 0.217. The Balaban J connectivity index is 1.57. The van der Waals surface area contributed by atoms with Gasteiger partial charge in [-0.15, -0.1) is 10.2 Å². The van der Waals surface area contributed by atoms with Crippen molar-refractivity contribution in [2.45, 2.75) is 31.6 Å². The number of nitrogens with one attached hydrogen (secondary N) is 1. The summed E-state index contributed by atoms with van der Waals surface area (Å²) in [4.78, 5) is 17.3. The molecule has 0 bridgehead atoms. The van der Waals surface area contributed by atoms with E-state index in [2.05, 4.69) is 20.5 Å². The van der Waals surface area contributed by atoms with Crippen LogP contribution in [0.25, 0.3) is 11.3 Å². The van der Waals surface area contributed by atoms with Gasteiger partial charge in [0.15, 0.2) is 5.16 Å². The average Bonchev–Trinajstić information content (AvgIpc) is 3.41. The van der Waals surface area contributed by atoms with Crippen LogP contribution in [0, 0.1) is 5.82 Å². The van der Waals surface area contributed by atoms with Crippen molar-refractivity contribution in [2.75, 3.05) is 11.1 Å². The van der Waals surface area contributed by atoms with Gasteiger partial charge in [-0.3, -0.25) is 4.79 Å². The van der Waals surface area contributed by atoms with Crippen molar-refractivity contribution < 1.29 is 9.18 Å². The first-order valence-electron chi connectivity index (χ1n) is 10.2. The molecule has 2 aromatic heterocycles. The van der Waals surface area contributed by atoms with Crippen LogP contribution in [0.4, 0.5) is 10.2 Å². The van der Waals surface area contributed by atoms with Gasteiger partial charge in [-0.1, -0.05) is 42.1 Å². The normalized spacial score (nSPS) is 11.1. The third-order valence-corrected chi connectivity index (χ3v) is 5.80. The highest BCUT2D eigenvalue weighted by molar-refractivity contribution is 7.99. The van der Waals surface area contributed by atoms with Gasteiger partial charge in [0.25, 0.3) is 0 Å². The van der Waals surface area contributed by atoms with Crippen LogP contribution in [-0.2, 0) is 11.3 Å². The molecule has 0 saturated carbocycles. The Kier molecular flexibility index (Phi) is 6.65. The summed E-state index contributed by atoms with van der Waals surface area (Å²) in [6.45, 7) is 4.61. The summed E-state index contributed by atoms with van der Waals surface area (Å²) in [5.41, 5.74) is 2.39. The van der Waals surface area contributed by atoms with Gasteiger partial charge in [0.05, 0.1) is 18.6 Å². The van der Waals surface area contributed by atoms with Crippen molar-refractivity contribution in [3.63, 3.8) is 0 Å². The number of hydrogen-bond donors (Lipinski definition) is 1. The Morgan fingerprint density at radius 3 is 2.56 bits per heavy atom. The van der Waals surface area contributed by atoms with Gasteiger partial charge in [-0.25, -0.2) is 9.37 Å². The van der Waals surface area contributed by atoms with Gasteiger partial charge in [-0.2, -0.15) is 0 Å². The molecule has 0 saturated heterocycles. The van der Waals surface area contributed by atoms with E-state index in [9.17, 15) is 9.18 Å². The number of hydrogen-bond acceptors (Lipinski definition) is 5. The fourth-order valence-corrected chi connectivity index (χ4v) is 4.06. The van der Waals surface area contributed by atoms with Crippen molar-refractivity contribution in [1.29, 1.82) is 0 Å². The lowest BCUT2D eigenvalue weighted by molar-refractivity contribution is -0.113. The summed E-state index contributed by atoms with van der Waals surface area (Å²) in [5, 5.41) is 11.7. The minimum Gasteiger partial charge on any atom is -0.312 e. The van der Waals surface area contributed by atoms with Gasteiger partial charge in [0.2, 0.25) is 5.91 Å². The highest BCUT2D eigenvalue weighted by Crippen LogP contribution is 2.28. The Labute approximate surface area is 189 Å². The predicted octanol–water partition coefficient (Wildman–Crippen LogP) is 4.64. The summed E-state index contributed by atoms with van der Waals surface area (Å²) in [7, 11) is 0. The molecule has 2 aromatic carbocycles. The van der Waals surface area contributed by atoms with Crippen LogP contribution in [0.5, 0.6) is 0 Å². The number of carbonyl (C=O) groups excluding carboxylic acids is 1. The molecule has 1 amide bonds. The van der Waals surface area contributed by atoms with E-state index in [0.29, 0.717) is 23.2 Å². The first kappa shape index (κ1) is 21.8. The number of imidazole rings is 1. The van der Waals surface area contributed by atoms with Crippen molar-refractivity contribution in [3.05, 3.63) is 78.6 Å². The molecular weight excluding hydrogens is 427 g/mol. The van der Waals surface area contributed by atoms with Gasteiger partial charge in [-0.05, 0) is 43.7 Å². The van der Waals surface area contributed by atoms with Crippen LogP contribution in [0.15, 0.2) is 72.4 Å². The van der Waals surface area contributed by atoms with E-state index >= 15 is 0 Å². The maximum Gasteiger partial charge on any atom is 0.236 e. The number of anilines is 1. The molecular formula is C23H23FN6OS. The Morgan fingerprint density at radius 2 is 1.84 bits per heavy atom. The molecule has 0 fully saturated rings. The number of carbonyl (C=O) groups is 1. The summed E-state index contributed by atoms with van der Waals surface area (Å²) in [6, 6.07) is 16.2. The molecule has 164 valence electrons. The number of halogens is 1. The predicted molar refractivity (Wildman–Crippen MR) is 123 cm³/mol. The molecule has 0 spiro atoms. The van der Waals surface area contributed by atoms with E-state index in [-0.39, 0.29) is 23.5 Å². The minimum atomic E-state index is -0.325. The highest BCUT2D eigenvalue weighted by Gasteiger charge is 2.17. The van der Waals surface area contributed by atoms with Crippen LogP contribution in [-0.4, -0.2) is 36.0 Å². The van der Waals surface area contributed by atoms with Gasteiger partial charge >= 0.3 is 0 Å². The largest absolute Gasteiger partial charge is 0.312 e. The number of rotatable bonds is 8. The van der Waals surface area contributed by atoms with E-state index in [1.807, 2.05) is 53.3 Å². The summed E-state index contributed by atoms with van der Waals surface area (Å²) in [5.74, 6) is 0.224. The lowest BCUT2D eigenvalue weighted by Crippen LogP contribution is -2.18. The summed E-state index contributed by atoms with van der Waals surface area (Å²) in [6.07, 6.45) is 3.34. The van der Waals surface area contributed by atoms with E-state index in [1.165, 1.54) is 23.9 Å². The van der Waals surface area contributed by atoms with E-state index in [1.54, 1.807) is 24.8 Å². The molecule has 7 nitrogen and oxygen atoms in total. The van der Waals surface area contributed by atoms with Crippen molar-refractivity contribution >= 4 is 23.5 Å². The summed E-state index contributed by atoms with van der Waals surface area (Å²) >= 11 is 1.32. The SMILES string of the molecule is CC(C)n1cnnc1SCC(=O)Nc1c(-c2ccc(F)cc2)ncn1Cc1ccccc1. The van der Waals surface area contributed by atoms with Crippen molar-refractivity contribution in [1.82, 2.24) is 24.3 Å². The lowest BCUT2D eigenvalue weighted by atomic mass is 10.1. The van der Waals surface area contributed by atoms with E-state index < -0.39 is 0 Å². The molecule has 32 heavy (non-hydrogen) atoms. The zero-order valence-corrected chi connectivity index (χ0v) is 18.6. The quantitative estimate of drug-likeness (QED) is 0.396. The first-order chi connectivity index (χ1) is 15.5. The Bertz CT molecular complexity index is 1190. The number of nitrogens with zero attached hydrogens (tertiary/aromatic N) is 5. The zero-order valence-electron chi connectivity index (χ0n) is 17.8. The smallest absolute Gasteiger partial charge is 0.236 e. The molecule has 9 heteroatoms. The van der Waals surface area contributed by atoms with Crippen LogP contribution >= 0.6 is 11.8 Å². The topological polar surface area (TPSA) is 77.6 Å². The molecule has 0 aliphatic rings. The standard InChI is InChI=1S/C23H23FN6OS/c1-16(2)30-15-26-28-23(30)32-13-20(31)27-22-21(18-8-10-19(24)11-9-18)25-14-29(22)12-17-6-4-3-5-7-17/h3-11,14-16H,12-13H2,1-2H3,(H,27,31). The second-order valence-corrected chi connectivity index (χ2v) is 8.46. The fourth-order valence-electron chi connectivity index (χ4n) is 3.22. The lowest BCUT2D eigenvalue weighted by Gasteiger charge is -2.13. The zero-order chi connectivity index (χ0) is 22.5. The monoisotopic (exact) mass is 450 g/mol. The van der Waals surface area contributed by atoms with Gasteiger partial charge in [0, 0.05) is 11.6 Å². The molecule has 0 radical (unpaired) electrons. The molecule has 0 unspecified atom stereocenters. The molecule has 1 N–H and O–H groups in total. The van der Waals surface area contributed by atoms with E-state index in [0.717, 1.165) is 11.1 Å². The third kappa shape index (κ3) is 5.05. The molecule has 4 rings (SSSR count). The summed E-state index contributed by atoms with van der Waals surface area (Å²) < 4.78 is 17.2. The minimum absolute atomic E-state index is 0.171. The number of aromatic nitrogens is 5. The maximum atomic E-state index is 13.4. The number of amides is 1. The molecule has 2 heterocycles. The second-order valence-electron chi connectivity index (χ2n) is 7.51. The van der Waals surface area contributed by atoms with E-state index in [4.69, 9.17) is 0 Å². The van der Waals surface area contributed by atoms with Crippen LogP contribution in [0.1, 0.15) is 25.5 Å². The van der Waals surface area contributed by atoms with Gasteiger partial charge < -0.3 is 14.5 Å². The molecule has 4 aromatic rings. The first-order valence-corrected chi connectivity index (χ1v) is 11.2. The van der Waals surface area contributed by atoms with Crippen LogP contribution in [0.2, 0.25) is 0 Å². The number of benzene rings is 2. The van der Waals surface area contributed by atoms with Gasteiger partial charge in [0.1, 0.15) is 23.7 Å². The second kappa shape index (κ2) is 9.78.